The summed E-state index contributed by atoms with van der Waals surface area (Å²) in [4.78, 5) is 20.7. The zero-order valence-electron chi connectivity index (χ0n) is 14.3. The van der Waals surface area contributed by atoms with Gasteiger partial charge in [0.1, 0.15) is 0 Å². The molecule has 0 radical (unpaired) electrons. The zero-order valence-corrected chi connectivity index (χ0v) is 14.3. The summed E-state index contributed by atoms with van der Waals surface area (Å²) in [5.74, 6) is -0.412. The van der Waals surface area contributed by atoms with Crippen LogP contribution in [0.5, 0.6) is 0 Å². The van der Waals surface area contributed by atoms with Crippen molar-refractivity contribution >= 4 is 12.0 Å². The van der Waals surface area contributed by atoms with Crippen LogP contribution in [0, 0.1) is 0 Å². The predicted octanol–water partition coefficient (Wildman–Crippen LogP) is 2.93. The van der Waals surface area contributed by atoms with Gasteiger partial charge < -0.3 is 4.74 Å². The van der Waals surface area contributed by atoms with Crippen LogP contribution in [0.15, 0.2) is 55.1 Å². The van der Waals surface area contributed by atoms with Gasteiger partial charge in [0, 0.05) is 47.9 Å². The van der Waals surface area contributed by atoms with E-state index in [2.05, 4.69) is 38.4 Å². The summed E-state index contributed by atoms with van der Waals surface area (Å²) >= 11 is 0. The number of hydrogen-bond donors (Lipinski definition) is 1. The molecule has 3 aromatic rings. The van der Waals surface area contributed by atoms with Crippen LogP contribution >= 0.6 is 0 Å². The van der Waals surface area contributed by atoms with Crippen molar-refractivity contribution < 1.29 is 9.53 Å². The van der Waals surface area contributed by atoms with Crippen molar-refractivity contribution in [2.45, 2.75) is 18.8 Å². The first-order chi connectivity index (χ1) is 12.7. The van der Waals surface area contributed by atoms with Crippen molar-refractivity contribution in [3.63, 3.8) is 0 Å². The van der Waals surface area contributed by atoms with Gasteiger partial charge in [-0.2, -0.15) is 5.10 Å². The van der Waals surface area contributed by atoms with Crippen LogP contribution in [0.3, 0.4) is 0 Å². The van der Waals surface area contributed by atoms with E-state index in [1.165, 1.54) is 0 Å². The minimum atomic E-state index is -0.423. The van der Waals surface area contributed by atoms with E-state index in [-0.39, 0.29) is 0 Å². The summed E-state index contributed by atoms with van der Waals surface area (Å²) in [5.41, 5.74) is 3.69. The molecule has 0 fully saturated rings. The Hall–Kier alpha value is -3.28. The summed E-state index contributed by atoms with van der Waals surface area (Å²) in [6.45, 7) is 2.10. The van der Waals surface area contributed by atoms with E-state index in [1.54, 1.807) is 19.3 Å². The highest BCUT2D eigenvalue weighted by molar-refractivity contribution is 5.92. The largest absolute Gasteiger partial charge is 0.461 e. The molecule has 130 valence electrons. The van der Waals surface area contributed by atoms with Gasteiger partial charge in [-0.15, -0.1) is 0 Å². The van der Waals surface area contributed by atoms with E-state index >= 15 is 0 Å². The van der Waals surface area contributed by atoms with Crippen LogP contribution in [-0.4, -0.2) is 32.7 Å². The van der Waals surface area contributed by atoms with Crippen molar-refractivity contribution in [3.05, 3.63) is 83.2 Å². The van der Waals surface area contributed by atoms with Crippen molar-refractivity contribution in [1.29, 1.82) is 0 Å². The molecule has 0 aromatic carbocycles. The van der Waals surface area contributed by atoms with E-state index in [0.717, 1.165) is 22.4 Å². The maximum Gasteiger partial charge on any atom is 0.359 e. The molecule has 6 heteroatoms. The number of pyridine rings is 2. The monoisotopic (exact) mass is 346 g/mol. The second-order valence-electron chi connectivity index (χ2n) is 6.15. The number of nitrogens with one attached hydrogen (secondary N) is 1. The van der Waals surface area contributed by atoms with Crippen LogP contribution in [0.4, 0.5) is 0 Å². The van der Waals surface area contributed by atoms with E-state index in [9.17, 15) is 4.79 Å². The molecule has 1 N–H and O–H groups in total. The Bertz CT molecular complexity index is 909. The molecule has 0 saturated carbocycles. The van der Waals surface area contributed by atoms with Crippen molar-refractivity contribution in [3.8, 4) is 0 Å². The highest BCUT2D eigenvalue weighted by Gasteiger charge is 2.37. The zero-order chi connectivity index (χ0) is 18.0. The van der Waals surface area contributed by atoms with Crippen molar-refractivity contribution in [2.24, 2.45) is 0 Å². The van der Waals surface area contributed by atoms with Gasteiger partial charge in [0.25, 0.3) is 0 Å². The molecule has 26 heavy (non-hydrogen) atoms. The summed E-state index contributed by atoms with van der Waals surface area (Å²) in [7, 11) is 0. The van der Waals surface area contributed by atoms with Crippen LogP contribution in [-0.2, 0) is 16.6 Å². The van der Waals surface area contributed by atoms with E-state index < -0.39 is 11.4 Å². The van der Waals surface area contributed by atoms with Crippen LogP contribution < -0.4 is 0 Å². The maximum absolute atomic E-state index is 12.1. The molecule has 0 spiro atoms. The first kappa shape index (κ1) is 16.2. The average Bonchev–Trinajstić information content (AvgIpc) is 3.12. The second-order valence-corrected chi connectivity index (χ2v) is 6.15. The number of aromatic amines is 1. The molecule has 1 aliphatic rings. The Labute approximate surface area is 151 Å². The minimum Gasteiger partial charge on any atom is -0.461 e. The lowest BCUT2D eigenvalue weighted by Crippen LogP contribution is -2.31. The molecule has 0 aliphatic heterocycles. The number of ether oxygens (including phenoxy) is 1. The molecule has 6 nitrogen and oxygen atoms in total. The fourth-order valence-electron chi connectivity index (χ4n) is 3.44. The lowest BCUT2D eigenvalue weighted by molar-refractivity contribution is 0.0519. The molecular weight excluding hydrogens is 328 g/mol. The molecule has 3 heterocycles. The quantitative estimate of drug-likeness (QED) is 0.735. The molecule has 1 aliphatic carbocycles. The fraction of sp³-hybridized carbons (Fsp3) is 0.200. The van der Waals surface area contributed by atoms with E-state index in [0.29, 0.717) is 18.7 Å². The van der Waals surface area contributed by atoms with Crippen LogP contribution in [0.2, 0.25) is 0 Å². The van der Waals surface area contributed by atoms with Gasteiger partial charge in [-0.05, 0) is 30.2 Å². The lowest BCUT2D eigenvalue weighted by Gasteiger charge is -2.33. The number of H-pyrrole nitrogens is 1. The average molecular weight is 346 g/mol. The molecular formula is C20H18N4O2. The van der Waals surface area contributed by atoms with Gasteiger partial charge in [0.15, 0.2) is 5.69 Å². The molecule has 0 saturated heterocycles. The van der Waals surface area contributed by atoms with Crippen molar-refractivity contribution in [1.82, 2.24) is 20.2 Å². The molecule has 0 atom stereocenters. The second kappa shape index (κ2) is 6.55. The third kappa shape index (κ3) is 2.60. The number of hydrogen-bond acceptors (Lipinski definition) is 5. The number of carbonyl (C=O) groups excluding carboxylic acids is 1. The molecule has 0 unspecified atom stereocenters. The first-order valence-corrected chi connectivity index (χ1v) is 8.49. The topological polar surface area (TPSA) is 80.8 Å². The number of nitrogens with zero attached hydrogens (tertiary/aromatic N) is 3. The van der Waals surface area contributed by atoms with Crippen molar-refractivity contribution in [2.75, 3.05) is 6.61 Å². The van der Waals surface area contributed by atoms with Gasteiger partial charge in [-0.1, -0.05) is 24.3 Å². The smallest absolute Gasteiger partial charge is 0.359 e. The fourth-order valence-corrected chi connectivity index (χ4v) is 3.44. The van der Waals surface area contributed by atoms with Gasteiger partial charge in [0.2, 0.25) is 0 Å². The van der Waals surface area contributed by atoms with Gasteiger partial charge >= 0.3 is 5.97 Å². The number of rotatable bonds is 4. The third-order valence-corrected chi connectivity index (χ3v) is 4.70. The molecule has 4 rings (SSSR count). The predicted molar refractivity (Wildman–Crippen MR) is 96.5 cm³/mol. The normalized spacial score (nSPS) is 14.7. The highest BCUT2D eigenvalue weighted by atomic mass is 16.5. The Morgan fingerprint density at radius 1 is 1.19 bits per heavy atom. The Kier molecular flexibility index (Phi) is 4.08. The maximum atomic E-state index is 12.1. The number of carbonyl (C=O) groups is 1. The van der Waals surface area contributed by atoms with Crippen LogP contribution in [0.25, 0.3) is 6.08 Å². The number of aromatic nitrogens is 4. The molecule has 0 bridgehead atoms. The van der Waals surface area contributed by atoms with E-state index in [1.807, 2.05) is 30.6 Å². The standard InChI is InChI=1S/C20H18N4O2/c1-2-26-19(25)18-16-7-8-20(11-17(16)23-24-18,14-5-3-9-21-12-14)15-6-4-10-22-13-15/h3-10,12-13H,2,11H2,1H3,(H,23,24). The number of esters is 1. The van der Waals surface area contributed by atoms with Gasteiger partial charge in [-0.3, -0.25) is 15.1 Å². The van der Waals surface area contributed by atoms with Gasteiger partial charge in [-0.25, -0.2) is 4.79 Å². The lowest BCUT2D eigenvalue weighted by atomic mass is 9.69. The minimum absolute atomic E-state index is 0.319. The summed E-state index contributed by atoms with van der Waals surface area (Å²) in [6.07, 6.45) is 11.9. The summed E-state index contributed by atoms with van der Waals surface area (Å²) in [6, 6.07) is 7.96. The molecule has 0 amide bonds. The SMILES string of the molecule is CCOC(=O)c1n[nH]c2c1C=CC(c1cccnc1)(c1cccnc1)C2. The summed E-state index contributed by atoms with van der Waals surface area (Å²) in [5, 5.41) is 7.20. The van der Waals surface area contributed by atoms with Gasteiger partial charge in [0.05, 0.1) is 6.61 Å². The number of fused-ring (bicyclic) bond motifs is 1. The highest BCUT2D eigenvalue weighted by Crippen LogP contribution is 2.41. The van der Waals surface area contributed by atoms with E-state index in [4.69, 9.17) is 4.74 Å². The molecule has 3 aromatic heterocycles. The van der Waals surface area contributed by atoms with Crippen LogP contribution in [0.1, 0.15) is 39.8 Å². The Morgan fingerprint density at radius 3 is 2.46 bits per heavy atom. The Balaban J connectivity index is 1.83. The third-order valence-electron chi connectivity index (χ3n) is 4.70. The number of allylic oxidation sites excluding steroid dienone is 1. The first-order valence-electron chi connectivity index (χ1n) is 8.49. The Morgan fingerprint density at radius 2 is 1.88 bits per heavy atom. The summed E-state index contributed by atoms with van der Waals surface area (Å²) < 4.78 is 5.10.